The number of halogens is 1. The minimum atomic E-state index is 0.161. The number of hydrogen-bond acceptors (Lipinski definition) is 1. The monoisotopic (exact) mass is 134 g/mol. The Bertz CT molecular complexity index is 70.9. The lowest BCUT2D eigenvalue weighted by Crippen LogP contribution is -1.97. The molecule has 0 saturated heterocycles. The zero-order valence-electron chi connectivity index (χ0n) is 5.11. The lowest BCUT2D eigenvalue weighted by molar-refractivity contribution is -0.116. The van der Waals surface area contributed by atoms with E-state index in [1.54, 1.807) is 0 Å². The van der Waals surface area contributed by atoms with Crippen molar-refractivity contribution in [2.24, 2.45) is 0 Å². The minimum Gasteiger partial charge on any atom is -0.298 e. The summed E-state index contributed by atoms with van der Waals surface area (Å²) in [4.78, 5) is 10.4. The van der Waals surface area contributed by atoms with E-state index < -0.39 is 0 Å². The molecule has 0 aromatic heterocycles. The fraction of sp³-hybridized carbons (Fsp3) is 0.833. The van der Waals surface area contributed by atoms with Gasteiger partial charge in [-0.15, -0.1) is 11.6 Å². The van der Waals surface area contributed by atoms with Gasteiger partial charge in [0, 0.05) is 6.42 Å². The van der Waals surface area contributed by atoms with Gasteiger partial charge in [-0.2, -0.15) is 0 Å². The third-order valence-corrected chi connectivity index (χ3v) is 1.26. The molecule has 0 atom stereocenters. The van der Waals surface area contributed by atoms with Crippen LogP contribution in [-0.4, -0.2) is 11.7 Å². The molecular weight excluding hydrogens is 124 g/mol. The normalized spacial score (nSPS) is 9.25. The molecule has 2 heteroatoms. The first-order valence-corrected chi connectivity index (χ1v) is 3.42. The molecule has 48 valence electrons. The average molecular weight is 135 g/mol. The van der Waals surface area contributed by atoms with Gasteiger partial charge in [0.1, 0.15) is 5.78 Å². The van der Waals surface area contributed by atoms with E-state index in [4.69, 9.17) is 11.6 Å². The highest BCUT2D eigenvalue weighted by molar-refractivity contribution is 6.27. The summed E-state index contributed by atoms with van der Waals surface area (Å²) in [5, 5.41) is 0. The van der Waals surface area contributed by atoms with Gasteiger partial charge in [0.2, 0.25) is 0 Å². The van der Waals surface area contributed by atoms with Gasteiger partial charge in [0.15, 0.2) is 0 Å². The van der Waals surface area contributed by atoms with Crippen LogP contribution in [0.1, 0.15) is 26.2 Å². The van der Waals surface area contributed by atoms with Gasteiger partial charge in [0.25, 0.3) is 0 Å². The highest BCUT2D eigenvalue weighted by Crippen LogP contribution is 1.95. The third kappa shape index (κ3) is 4.13. The lowest BCUT2D eigenvalue weighted by atomic mass is 10.2. The fourth-order valence-electron chi connectivity index (χ4n) is 0.441. The summed E-state index contributed by atoms with van der Waals surface area (Å²) in [7, 11) is 0. The molecule has 0 N–H and O–H groups in total. The molecule has 0 amide bonds. The molecule has 0 saturated carbocycles. The van der Waals surface area contributed by atoms with Crippen molar-refractivity contribution >= 4 is 17.4 Å². The van der Waals surface area contributed by atoms with Crippen LogP contribution in [0.15, 0.2) is 0 Å². The molecule has 0 aliphatic heterocycles. The number of rotatable bonds is 4. The van der Waals surface area contributed by atoms with Crippen LogP contribution in [-0.2, 0) is 4.79 Å². The van der Waals surface area contributed by atoms with E-state index in [1.165, 1.54) is 0 Å². The second-order valence-corrected chi connectivity index (χ2v) is 2.04. The van der Waals surface area contributed by atoms with E-state index in [2.05, 4.69) is 6.92 Å². The molecular formula is C6H11ClO. The number of alkyl halides is 1. The van der Waals surface area contributed by atoms with Crippen molar-refractivity contribution < 1.29 is 4.79 Å². The standard InChI is InChI=1S/C6H11ClO/c1-2-3-4-6(8)5-7/h2-5H2,1H3. The first-order chi connectivity index (χ1) is 3.81. The van der Waals surface area contributed by atoms with E-state index in [0.717, 1.165) is 12.8 Å². The van der Waals surface area contributed by atoms with Crippen LogP contribution in [0.4, 0.5) is 0 Å². The van der Waals surface area contributed by atoms with Crippen LogP contribution in [0.5, 0.6) is 0 Å². The summed E-state index contributed by atoms with van der Waals surface area (Å²) in [6.07, 6.45) is 2.70. The molecule has 8 heavy (non-hydrogen) atoms. The van der Waals surface area contributed by atoms with Crippen molar-refractivity contribution in [3.05, 3.63) is 0 Å². The second-order valence-electron chi connectivity index (χ2n) is 1.78. The maximum absolute atomic E-state index is 10.4. The lowest BCUT2D eigenvalue weighted by Gasteiger charge is -1.90. The summed E-state index contributed by atoms with van der Waals surface area (Å²) in [6, 6.07) is 0. The molecule has 0 aliphatic rings. The molecule has 0 aliphatic carbocycles. The quantitative estimate of drug-likeness (QED) is 0.538. The van der Waals surface area contributed by atoms with Gasteiger partial charge in [0.05, 0.1) is 5.88 Å². The van der Waals surface area contributed by atoms with Gasteiger partial charge in [-0.3, -0.25) is 4.79 Å². The Balaban J connectivity index is 2.99. The molecule has 0 rings (SSSR count). The van der Waals surface area contributed by atoms with E-state index in [1.807, 2.05) is 0 Å². The molecule has 0 heterocycles. The number of carbonyl (C=O) groups is 1. The van der Waals surface area contributed by atoms with E-state index in [9.17, 15) is 4.79 Å². The van der Waals surface area contributed by atoms with E-state index in [0.29, 0.717) is 6.42 Å². The van der Waals surface area contributed by atoms with Gasteiger partial charge in [-0.05, 0) is 6.42 Å². The summed E-state index contributed by atoms with van der Waals surface area (Å²) in [5.41, 5.74) is 0. The predicted molar refractivity (Wildman–Crippen MR) is 35.3 cm³/mol. The third-order valence-electron chi connectivity index (χ3n) is 0.958. The Hall–Kier alpha value is -0.0400. The topological polar surface area (TPSA) is 17.1 Å². The van der Waals surface area contributed by atoms with Gasteiger partial charge < -0.3 is 0 Å². The van der Waals surface area contributed by atoms with E-state index >= 15 is 0 Å². The maximum atomic E-state index is 10.4. The van der Waals surface area contributed by atoms with Gasteiger partial charge in [-0.1, -0.05) is 13.3 Å². The summed E-state index contributed by atoms with van der Waals surface area (Å²) < 4.78 is 0. The van der Waals surface area contributed by atoms with Crippen molar-refractivity contribution in [3.8, 4) is 0 Å². The molecule has 0 spiro atoms. The van der Waals surface area contributed by atoms with Crippen molar-refractivity contribution in [3.63, 3.8) is 0 Å². The van der Waals surface area contributed by atoms with Crippen molar-refractivity contribution in [1.82, 2.24) is 0 Å². The van der Waals surface area contributed by atoms with E-state index in [-0.39, 0.29) is 11.7 Å². The Labute approximate surface area is 55.0 Å². The predicted octanol–water partition coefficient (Wildman–Crippen LogP) is 1.98. The highest BCUT2D eigenvalue weighted by atomic mass is 35.5. The average Bonchev–Trinajstić information content (AvgIpc) is 1.83. The fourth-order valence-corrected chi connectivity index (χ4v) is 0.574. The number of hydrogen-bond donors (Lipinski definition) is 0. The first-order valence-electron chi connectivity index (χ1n) is 2.89. The highest BCUT2D eigenvalue weighted by Gasteiger charge is 1.95. The van der Waals surface area contributed by atoms with Crippen molar-refractivity contribution in [2.45, 2.75) is 26.2 Å². The number of unbranched alkanes of at least 4 members (excludes halogenated alkanes) is 1. The van der Waals surface area contributed by atoms with Crippen LogP contribution in [0.25, 0.3) is 0 Å². The maximum Gasteiger partial charge on any atom is 0.147 e. The Kier molecular flexibility index (Phi) is 5.08. The molecule has 0 fully saturated rings. The SMILES string of the molecule is CCCCC(=O)CCl. The molecule has 0 unspecified atom stereocenters. The molecule has 0 radical (unpaired) electrons. The molecule has 0 aromatic rings. The Morgan fingerprint density at radius 1 is 1.62 bits per heavy atom. The van der Waals surface area contributed by atoms with Crippen LogP contribution in [0.3, 0.4) is 0 Å². The zero-order valence-corrected chi connectivity index (χ0v) is 5.87. The van der Waals surface area contributed by atoms with Crippen LogP contribution >= 0.6 is 11.6 Å². The van der Waals surface area contributed by atoms with Crippen molar-refractivity contribution in [2.75, 3.05) is 5.88 Å². The first kappa shape index (κ1) is 7.96. The van der Waals surface area contributed by atoms with Crippen LogP contribution in [0.2, 0.25) is 0 Å². The number of Topliss-reactive ketones (excluding diaryl/α,β-unsaturated/α-hetero) is 1. The minimum absolute atomic E-state index is 0.161. The molecule has 0 bridgehead atoms. The van der Waals surface area contributed by atoms with Crippen molar-refractivity contribution in [1.29, 1.82) is 0 Å². The summed E-state index contributed by atoms with van der Waals surface area (Å²) >= 11 is 5.24. The number of carbonyl (C=O) groups excluding carboxylic acids is 1. The van der Waals surface area contributed by atoms with Crippen LogP contribution in [0, 0.1) is 0 Å². The molecule has 0 aromatic carbocycles. The smallest absolute Gasteiger partial charge is 0.147 e. The van der Waals surface area contributed by atoms with Gasteiger partial charge in [-0.25, -0.2) is 0 Å². The zero-order chi connectivity index (χ0) is 6.41. The molecule has 1 nitrogen and oxygen atoms in total. The number of ketones is 1. The largest absolute Gasteiger partial charge is 0.298 e. The van der Waals surface area contributed by atoms with Gasteiger partial charge >= 0.3 is 0 Å². The van der Waals surface area contributed by atoms with Crippen LogP contribution < -0.4 is 0 Å². The second kappa shape index (κ2) is 5.10. The summed E-state index contributed by atoms with van der Waals surface area (Å²) in [6.45, 7) is 2.06. The Morgan fingerprint density at radius 3 is 2.62 bits per heavy atom. The Morgan fingerprint density at radius 2 is 2.25 bits per heavy atom. The summed E-state index contributed by atoms with van der Waals surface area (Å²) in [5.74, 6) is 0.341.